The lowest BCUT2D eigenvalue weighted by Gasteiger charge is -2.20. The van der Waals surface area contributed by atoms with Gasteiger partial charge in [0.15, 0.2) is 5.11 Å². The van der Waals surface area contributed by atoms with Gasteiger partial charge >= 0.3 is 0 Å². The topological polar surface area (TPSA) is 61.4 Å². The van der Waals surface area contributed by atoms with Crippen LogP contribution in [0, 0.1) is 12.7 Å². The molecule has 28 heavy (non-hydrogen) atoms. The van der Waals surface area contributed by atoms with Crippen LogP contribution in [0.25, 0.3) is 0 Å². The van der Waals surface area contributed by atoms with Gasteiger partial charge in [-0.3, -0.25) is 0 Å². The van der Waals surface area contributed by atoms with Crippen LogP contribution in [-0.4, -0.2) is 30.9 Å². The standard InChI is InChI=1S/C20H24FN3O2S2/c1-15-6-7-17(14-19(15)21)23-20(27)22-16-8-10-18(11-9-16)28(25,26)24-12-4-2-3-5-13-24/h6-11,14H,2-5,12-13H2,1H3,(H2,22,23,27). The van der Waals surface area contributed by atoms with Gasteiger partial charge in [-0.25, -0.2) is 12.8 Å². The Kier molecular flexibility index (Phi) is 6.64. The Hall–Kier alpha value is -2.03. The fourth-order valence-corrected chi connectivity index (χ4v) is 4.86. The summed E-state index contributed by atoms with van der Waals surface area (Å²) in [5, 5.41) is 6.20. The predicted octanol–water partition coefficient (Wildman–Crippen LogP) is 4.51. The maximum absolute atomic E-state index is 13.6. The zero-order valence-corrected chi connectivity index (χ0v) is 17.4. The minimum absolute atomic E-state index is 0.277. The zero-order chi connectivity index (χ0) is 20.1. The van der Waals surface area contributed by atoms with E-state index in [9.17, 15) is 12.8 Å². The second kappa shape index (κ2) is 8.98. The van der Waals surface area contributed by atoms with Crippen LogP contribution in [0.3, 0.4) is 0 Å². The average Bonchev–Trinajstić information content (AvgIpc) is 2.95. The van der Waals surface area contributed by atoms with Crippen LogP contribution in [0.5, 0.6) is 0 Å². The number of sulfonamides is 1. The Bertz CT molecular complexity index is 938. The highest BCUT2D eigenvalue weighted by Gasteiger charge is 2.24. The summed E-state index contributed by atoms with van der Waals surface area (Å²) in [4.78, 5) is 0.277. The van der Waals surface area contributed by atoms with Gasteiger partial charge in [-0.15, -0.1) is 0 Å². The van der Waals surface area contributed by atoms with Crippen molar-refractivity contribution in [2.24, 2.45) is 0 Å². The summed E-state index contributed by atoms with van der Waals surface area (Å²) in [5.41, 5.74) is 1.76. The molecule has 0 amide bonds. The maximum atomic E-state index is 13.6. The minimum Gasteiger partial charge on any atom is -0.332 e. The van der Waals surface area contributed by atoms with Crippen molar-refractivity contribution in [2.75, 3.05) is 23.7 Å². The number of anilines is 2. The van der Waals surface area contributed by atoms with E-state index in [2.05, 4.69) is 10.6 Å². The van der Waals surface area contributed by atoms with Gasteiger partial charge in [0.2, 0.25) is 10.0 Å². The monoisotopic (exact) mass is 421 g/mol. The molecule has 0 atom stereocenters. The Morgan fingerprint density at radius 3 is 2.14 bits per heavy atom. The molecule has 2 N–H and O–H groups in total. The fraction of sp³-hybridized carbons (Fsp3) is 0.350. The van der Waals surface area contributed by atoms with E-state index in [0.29, 0.717) is 35.1 Å². The number of hydrogen-bond donors (Lipinski definition) is 2. The van der Waals surface area contributed by atoms with E-state index in [1.807, 2.05) is 0 Å². The van der Waals surface area contributed by atoms with Crippen LogP contribution in [0.2, 0.25) is 0 Å². The highest BCUT2D eigenvalue weighted by molar-refractivity contribution is 7.89. The number of nitrogens with zero attached hydrogens (tertiary/aromatic N) is 1. The first-order valence-corrected chi connectivity index (χ1v) is 11.2. The fourth-order valence-electron chi connectivity index (χ4n) is 3.11. The van der Waals surface area contributed by atoms with Crippen molar-refractivity contribution in [3.63, 3.8) is 0 Å². The first-order valence-electron chi connectivity index (χ1n) is 9.30. The summed E-state index contributed by atoms with van der Waals surface area (Å²) in [5.74, 6) is -0.309. The van der Waals surface area contributed by atoms with E-state index in [4.69, 9.17) is 12.2 Å². The molecular formula is C20H24FN3O2S2. The normalized spacial score (nSPS) is 15.6. The van der Waals surface area contributed by atoms with Crippen LogP contribution in [0.1, 0.15) is 31.2 Å². The van der Waals surface area contributed by atoms with Crippen molar-refractivity contribution < 1.29 is 12.8 Å². The van der Waals surface area contributed by atoms with E-state index in [-0.39, 0.29) is 10.7 Å². The molecule has 2 aromatic carbocycles. The zero-order valence-electron chi connectivity index (χ0n) is 15.7. The molecule has 0 radical (unpaired) electrons. The van der Waals surface area contributed by atoms with Gasteiger partial charge in [0.25, 0.3) is 0 Å². The van der Waals surface area contributed by atoms with Gasteiger partial charge in [0.1, 0.15) is 5.82 Å². The third kappa shape index (κ3) is 5.06. The molecule has 0 spiro atoms. The van der Waals surface area contributed by atoms with Crippen molar-refractivity contribution in [1.29, 1.82) is 0 Å². The molecule has 3 rings (SSSR count). The third-order valence-electron chi connectivity index (χ3n) is 4.74. The highest BCUT2D eigenvalue weighted by Crippen LogP contribution is 2.22. The van der Waals surface area contributed by atoms with E-state index in [1.165, 1.54) is 6.07 Å². The molecule has 1 fully saturated rings. The molecule has 1 aliphatic rings. The smallest absolute Gasteiger partial charge is 0.243 e. The van der Waals surface area contributed by atoms with E-state index >= 15 is 0 Å². The molecule has 0 saturated carbocycles. The Balaban J connectivity index is 1.65. The highest BCUT2D eigenvalue weighted by atomic mass is 32.2. The predicted molar refractivity (Wildman–Crippen MR) is 115 cm³/mol. The molecule has 0 aromatic heterocycles. The first-order chi connectivity index (χ1) is 13.4. The molecule has 2 aromatic rings. The van der Waals surface area contributed by atoms with Crippen LogP contribution in [0.4, 0.5) is 15.8 Å². The molecule has 1 saturated heterocycles. The van der Waals surface area contributed by atoms with Crippen molar-refractivity contribution >= 4 is 38.7 Å². The lowest BCUT2D eigenvalue weighted by atomic mass is 10.2. The van der Waals surface area contributed by atoms with E-state index in [0.717, 1.165) is 25.7 Å². The quantitative estimate of drug-likeness (QED) is 0.712. The number of halogens is 1. The number of nitrogens with one attached hydrogen (secondary N) is 2. The number of rotatable bonds is 4. The molecule has 1 aliphatic heterocycles. The Morgan fingerprint density at radius 2 is 1.54 bits per heavy atom. The summed E-state index contributed by atoms with van der Waals surface area (Å²) in [6, 6.07) is 11.3. The molecule has 0 aliphatic carbocycles. The Morgan fingerprint density at radius 1 is 0.964 bits per heavy atom. The largest absolute Gasteiger partial charge is 0.332 e. The first kappa shape index (κ1) is 20.7. The van der Waals surface area contributed by atoms with Crippen molar-refractivity contribution in [2.45, 2.75) is 37.5 Å². The molecule has 8 heteroatoms. The molecular weight excluding hydrogens is 397 g/mol. The van der Waals surface area contributed by atoms with Gasteiger partial charge < -0.3 is 10.6 Å². The van der Waals surface area contributed by atoms with Crippen molar-refractivity contribution in [3.8, 4) is 0 Å². The molecule has 0 bridgehead atoms. The number of benzene rings is 2. The molecule has 5 nitrogen and oxygen atoms in total. The maximum Gasteiger partial charge on any atom is 0.243 e. The van der Waals surface area contributed by atoms with Gasteiger partial charge in [-0.1, -0.05) is 18.9 Å². The summed E-state index contributed by atoms with van der Waals surface area (Å²) >= 11 is 5.25. The lowest BCUT2D eigenvalue weighted by Crippen LogP contribution is -2.31. The number of thiocarbonyl (C=S) groups is 1. The SMILES string of the molecule is Cc1ccc(NC(=S)Nc2ccc(S(=O)(=O)N3CCCCCC3)cc2)cc1F. The number of hydrogen-bond acceptors (Lipinski definition) is 3. The summed E-state index contributed by atoms with van der Waals surface area (Å²) in [6.45, 7) is 2.84. The summed E-state index contributed by atoms with van der Waals surface area (Å²) in [7, 11) is -3.47. The van der Waals surface area contributed by atoms with Crippen LogP contribution >= 0.6 is 12.2 Å². The molecule has 150 valence electrons. The van der Waals surface area contributed by atoms with Gasteiger partial charge in [0, 0.05) is 24.5 Å². The van der Waals surface area contributed by atoms with Crippen LogP contribution in [-0.2, 0) is 10.0 Å². The second-order valence-corrected chi connectivity index (χ2v) is 9.23. The van der Waals surface area contributed by atoms with Crippen molar-refractivity contribution in [1.82, 2.24) is 4.31 Å². The average molecular weight is 422 g/mol. The summed E-state index contributed by atoms with van der Waals surface area (Å²) < 4.78 is 40.8. The van der Waals surface area contributed by atoms with Gasteiger partial charge in [-0.05, 0) is 73.9 Å². The Labute approximate surface area is 171 Å². The molecule has 0 unspecified atom stereocenters. The van der Waals surface area contributed by atoms with Crippen LogP contribution < -0.4 is 10.6 Å². The van der Waals surface area contributed by atoms with Gasteiger partial charge in [0.05, 0.1) is 4.90 Å². The minimum atomic E-state index is -3.47. The number of aryl methyl sites for hydroxylation is 1. The third-order valence-corrected chi connectivity index (χ3v) is 6.86. The summed E-state index contributed by atoms with van der Waals surface area (Å²) in [6.07, 6.45) is 3.95. The van der Waals surface area contributed by atoms with Crippen molar-refractivity contribution in [3.05, 3.63) is 53.8 Å². The second-order valence-electron chi connectivity index (χ2n) is 6.89. The lowest BCUT2D eigenvalue weighted by molar-refractivity contribution is 0.424. The van der Waals surface area contributed by atoms with Crippen LogP contribution in [0.15, 0.2) is 47.4 Å². The van der Waals surface area contributed by atoms with E-state index in [1.54, 1.807) is 47.6 Å². The van der Waals surface area contributed by atoms with Gasteiger partial charge in [-0.2, -0.15) is 4.31 Å². The van der Waals surface area contributed by atoms with E-state index < -0.39 is 10.0 Å². The molecule has 1 heterocycles.